The summed E-state index contributed by atoms with van der Waals surface area (Å²) in [5.41, 5.74) is 2.11. The summed E-state index contributed by atoms with van der Waals surface area (Å²) in [7, 11) is 0. The first kappa shape index (κ1) is 19.9. The molecule has 1 aliphatic heterocycles. The molecule has 0 aliphatic carbocycles. The second kappa shape index (κ2) is 9.86. The first-order chi connectivity index (χ1) is 11.5. The van der Waals surface area contributed by atoms with Crippen molar-refractivity contribution >= 4 is 0 Å². The number of phenolic OH excluding ortho intramolecular Hbond substituents is 2. The van der Waals surface area contributed by atoms with Crippen LogP contribution in [0.2, 0.25) is 0 Å². The van der Waals surface area contributed by atoms with Gasteiger partial charge in [0.2, 0.25) is 0 Å². The molecular weight excluding hydrogens is 300 g/mol. The van der Waals surface area contributed by atoms with Gasteiger partial charge in [0, 0.05) is 0 Å². The molecule has 3 nitrogen and oxygen atoms in total. The number of phenols is 2. The van der Waals surface area contributed by atoms with E-state index in [0.29, 0.717) is 0 Å². The third-order valence-electron chi connectivity index (χ3n) is 3.25. The molecule has 0 saturated carbocycles. The summed E-state index contributed by atoms with van der Waals surface area (Å²) in [5.74, 6) is 2.21. The quantitative estimate of drug-likeness (QED) is 0.689. The van der Waals surface area contributed by atoms with Crippen LogP contribution in [0.3, 0.4) is 0 Å². The number of aromatic hydroxyl groups is 2. The number of fused-ring (bicyclic) bond motifs is 1. The molecule has 24 heavy (non-hydrogen) atoms. The van der Waals surface area contributed by atoms with Crippen LogP contribution in [0.4, 0.5) is 0 Å². The van der Waals surface area contributed by atoms with Crippen LogP contribution in [-0.4, -0.2) is 10.2 Å². The third kappa shape index (κ3) is 6.15. The summed E-state index contributed by atoms with van der Waals surface area (Å²) in [4.78, 5) is 0. The van der Waals surface area contributed by atoms with Gasteiger partial charge in [-0.1, -0.05) is 46.8 Å². The maximum Gasteiger partial charge on any atom is 0.124 e. The zero-order valence-corrected chi connectivity index (χ0v) is 15.4. The van der Waals surface area contributed by atoms with E-state index in [9.17, 15) is 10.2 Å². The van der Waals surface area contributed by atoms with E-state index >= 15 is 0 Å². The van der Waals surface area contributed by atoms with Gasteiger partial charge in [0.15, 0.2) is 0 Å². The van der Waals surface area contributed by atoms with Crippen molar-refractivity contribution in [2.45, 2.75) is 53.6 Å². The Morgan fingerprint density at radius 2 is 1.46 bits per heavy atom. The molecule has 1 aliphatic rings. The highest BCUT2D eigenvalue weighted by atomic mass is 16.5. The summed E-state index contributed by atoms with van der Waals surface area (Å²) >= 11 is 0. The zero-order chi connectivity index (χ0) is 18.1. The minimum atomic E-state index is 0.0163. The number of benzene rings is 2. The predicted octanol–water partition coefficient (Wildman–Crippen LogP) is 5.85. The first-order valence-electron chi connectivity index (χ1n) is 8.73. The summed E-state index contributed by atoms with van der Waals surface area (Å²) in [6.45, 7) is 10.5. The fourth-order valence-electron chi connectivity index (χ4n) is 2.30. The lowest BCUT2D eigenvalue weighted by Crippen LogP contribution is -2.14. The highest BCUT2D eigenvalue weighted by molar-refractivity contribution is 5.42. The van der Waals surface area contributed by atoms with Crippen LogP contribution >= 0.6 is 0 Å². The molecule has 3 heteroatoms. The number of rotatable bonds is 1. The monoisotopic (exact) mass is 330 g/mol. The molecule has 0 bridgehead atoms. The smallest absolute Gasteiger partial charge is 0.124 e. The Bertz CT molecular complexity index is 600. The fourth-order valence-corrected chi connectivity index (χ4v) is 2.30. The molecule has 0 amide bonds. The van der Waals surface area contributed by atoms with E-state index in [-0.39, 0.29) is 17.6 Å². The van der Waals surface area contributed by atoms with E-state index in [0.717, 1.165) is 35.6 Å². The topological polar surface area (TPSA) is 49.7 Å². The maximum absolute atomic E-state index is 9.42. The zero-order valence-electron chi connectivity index (χ0n) is 15.4. The largest absolute Gasteiger partial charge is 0.508 e. The minimum Gasteiger partial charge on any atom is -0.508 e. The Morgan fingerprint density at radius 1 is 0.917 bits per heavy atom. The summed E-state index contributed by atoms with van der Waals surface area (Å²) < 4.78 is 5.92. The van der Waals surface area contributed by atoms with Crippen LogP contribution in [0.15, 0.2) is 42.5 Å². The van der Waals surface area contributed by atoms with Gasteiger partial charge in [-0.3, -0.25) is 0 Å². The van der Waals surface area contributed by atoms with Gasteiger partial charge >= 0.3 is 0 Å². The Kier molecular flexibility index (Phi) is 8.17. The van der Waals surface area contributed by atoms with Crippen molar-refractivity contribution in [1.29, 1.82) is 0 Å². The van der Waals surface area contributed by atoms with Crippen LogP contribution < -0.4 is 4.74 Å². The van der Waals surface area contributed by atoms with Crippen LogP contribution in [0.1, 0.15) is 58.3 Å². The number of hydrogen-bond donors (Lipinski definition) is 2. The van der Waals surface area contributed by atoms with Crippen molar-refractivity contribution in [2.24, 2.45) is 5.92 Å². The molecule has 2 N–H and O–H groups in total. The van der Waals surface area contributed by atoms with Crippen molar-refractivity contribution < 1.29 is 14.9 Å². The van der Waals surface area contributed by atoms with E-state index < -0.39 is 0 Å². The maximum atomic E-state index is 9.42. The molecule has 3 rings (SSSR count). The van der Waals surface area contributed by atoms with Crippen LogP contribution in [-0.2, 0) is 6.42 Å². The summed E-state index contributed by atoms with van der Waals surface area (Å²) in [6.07, 6.45) is 1.78. The molecule has 0 fully saturated rings. The molecular formula is C21H30O3. The molecule has 0 unspecified atom stereocenters. The highest BCUT2D eigenvalue weighted by Crippen LogP contribution is 2.36. The average molecular weight is 330 g/mol. The number of hydrogen-bond acceptors (Lipinski definition) is 3. The number of aryl methyl sites for hydroxylation is 1. The Hall–Kier alpha value is -2.16. The van der Waals surface area contributed by atoms with E-state index in [1.807, 2.05) is 26.0 Å². The molecule has 2 aromatic rings. The fraction of sp³-hybridized carbons (Fsp3) is 0.429. The molecule has 0 saturated heterocycles. The van der Waals surface area contributed by atoms with Crippen molar-refractivity contribution in [1.82, 2.24) is 0 Å². The average Bonchev–Trinajstić information content (AvgIpc) is 2.56. The lowest BCUT2D eigenvalue weighted by Gasteiger charge is -2.26. The van der Waals surface area contributed by atoms with Crippen molar-refractivity contribution in [3.63, 3.8) is 0 Å². The van der Waals surface area contributed by atoms with E-state index in [1.54, 1.807) is 30.3 Å². The Morgan fingerprint density at radius 3 is 2.04 bits per heavy atom. The molecule has 132 valence electrons. The van der Waals surface area contributed by atoms with E-state index in [1.165, 1.54) is 0 Å². The highest BCUT2D eigenvalue weighted by Gasteiger charge is 2.21. The summed E-state index contributed by atoms with van der Waals surface area (Å²) in [6, 6.07) is 12.3. The van der Waals surface area contributed by atoms with Crippen molar-refractivity contribution in [2.75, 3.05) is 0 Å². The van der Waals surface area contributed by atoms with Gasteiger partial charge in [0.05, 0.1) is 0 Å². The first-order valence-corrected chi connectivity index (χ1v) is 8.73. The minimum absolute atomic E-state index is 0.0163. The molecule has 2 aromatic carbocycles. The predicted molar refractivity (Wildman–Crippen MR) is 99.8 cm³/mol. The molecule has 1 atom stereocenters. The normalized spacial score (nSPS) is 15.2. The van der Waals surface area contributed by atoms with Gasteiger partial charge in [-0.25, -0.2) is 0 Å². The number of ether oxygens (including phenoxy) is 1. The second-order valence-electron chi connectivity index (χ2n) is 6.26. The standard InChI is InChI=1S/C15H14O3.C4H10.C2H6/c16-12-4-1-10(2-5-12)14-7-3-11-9-13(17)6-8-15(11)18-14;1-4(2)3;1-2/h1-2,4-6,8-9,14,16-17H,3,7H2;4H,1-3H3;1-2H3/t14-;;/m1../s1. The van der Waals surface area contributed by atoms with Crippen molar-refractivity contribution in [3.05, 3.63) is 53.6 Å². The Labute approximate surface area is 145 Å². The van der Waals surface area contributed by atoms with E-state index in [2.05, 4.69) is 20.8 Å². The molecule has 0 spiro atoms. The van der Waals surface area contributed by atoms with Crippen LogP contribution in [0.25, 0.3) is 0 Å². The molecule has 0 aromatic heterocycles. The van der Waals surface area contributed by atoms with Gasteiger partial charge < -0.3 is 14.9 Å². The summed E-state index contributed by atoms with van der Waals surface area (Å²) in [5, 5.41) is 18.7. The lowest BCUT2D eigenvalue weighted by atomic mass is 9.97. The third-order valence-corrected chi connectivity index (χ3v) is 3.25. The van der Waals surface area contributed by atoms with Crippen molar-refractivity contribution in [3.8, 4) is 17.2 Å². The molecule has 1 heterocycles. The lowest BCUT2D eigenvalue weighted by molar-refractivity contribution is 0.176. The van der Waals surface area contributed by atoms with Gasteiger partial charge in [-0.05, 0) is 60.2 Å². The van der Waals surface area contributed by atoms with Crippen LogP contribution in [0.5, 0.6) is 17.2 Å². The van der Waals surface area contributed by atoms with Gasteiger partial charge in [0.1, 0.15) is 23.4 Å². The molecule has 0 radical (unpaired) electrons. The van der Waals surface area contributed by atoms with Gasteiger partial charge in [-0.2, -0.15) is 0 Å². The Balaban J connectivity index is 0.000000423. The van der Waals surface area contributed by atoms with E-state index in [4.69, 9.17) is 4.74 Å². The van der Waals surface area contributed by atoms with Gasteiger partial charge in [-0.15, -0.1) is 0 Å². The van der Waals surface area contributed by atoms with Gasteiger partial charge in [0.25, 0.3) is 0 Å². The second-order valence-corrected chi connectivity index (χ2v) is 6.26. The SMILES string of the molecule is CC.CC(C)C.Oc1ccc([C@H]2CCc3cc(O)ccc3O2)cc1. The van der Waals surface area contributed by atoms with Crippen LogP contribution in [0, 0.1) is 5.92 Å².